The Hall–Kier alpha value is -1.07. The Bertz CT molecular complexity index is 481. The lowest BCUT2D eigenvalue weighted by Crippen LogP contribution is -2.19. The molecule has 0 bridgehead atoms. The van der Waals surface area contributed by atoms with E-state index in [2.05, 4.69) is 12.2 Å². The second kappa shape index (κ2) is 7.50. The smallest absolute Gasteiger partial charge is 0.153 e. The van der Waals surface area contributed by atoms with Crippen molar-refractivity contribution in [1.82, 2.24) is 5.32 Å². The highest BCUT2D eigenvalue weighted by molar-refractivity contribution is 7.91. The molecule has 1 aromatic rings. The summed E-state index contributed by atoms with van der Waals surface area (Å²) in [6.45, 7) is 3.95. The summed E-state index contributed by atoms with van der Waals surface area (Å²) in [5.41, 5.74) is 1.07. The maximum Gasteiger partial charge on any atom is 0.153 e. The molecule has 0 spiro atoms. The summed E-state index contributed by atoms with van der Waals surface area (Å²) < 4.78 is 28.5. The monoisotopic (exact) mass is 285 g/mol. The highest BCUT2D eigenvalue weighted by Crippen LogP contribution is 2.26. The van der Waals surface area contributed by atoms with E-state index in [1.54, 1.807) is 6.92 Å². The number of sulfone groups is 1. The van der Waals surface area contributed by atoms with Crippen LogP contribution in [0.2, 0.25) is 0 Å². The fourth-order valence-corrected chi connectivity index (χ4v) is 2.53. The van der Waals surface area contributed by atoms with Crippen LogP contribution in [0.15, 0.2) is 24.3 Å². The largest absolute Gasteiger partial charge is 0.492 e. The molecule has 1 atom stereocenters. The van der Waals surface area contributed by atoms with Crippen molar-refractivity contribution in [1.29, 1.82) is 0 Å². The second-order valence-corrected chi connectivity index (χ2v) is 6.84. The number of hydrogen-bond donors (Lipinski definition) is 1. The van der Waals surface area contributed by atoms with Crippen molar-refractivity contribution >= 4 is 9.84 Å². The summed E-state index contributed by atoms with van der Waals surface area (Å²) in [6, 6.07) is 7.97. The predicted octanol–water partition coefficient (Wildman–Crippen LogP) is 2.17. The Morgan fingerprint density at radius 1 is 1.26 bits per heavy atom. The van der Waals surface area contributed by atoms with E-state index in [4.69, 9.17) is 4.74 Å². The maximum absolute atomic E-state index is 11.4. The molecule has 0 aromatic heterocycles. The standard InChI is InChI=1S/C14H23NO3S/c1-4-13(15-3)12-8-6-7-9-14(12)18-10-11-19(16,17)5-2/h6-9,13,15H,4-5,10-11H2,1-3H3. The normalized spacial score (nSPS) is 13.2. The lowest BCUT2D eigenvalue weighted by Gasteiger charge is -2.18. The minimum absolute atomic E-state index is 0.0637. The van der Waals surface area contributed by atoms with Gasteiger partial charge in [-0.2, -0.15) is 0 Å². The molecular weight excluding hydrogens is 262 g/mol. The number of ether oxygens (including phenoxy) is 1. The molecule has 0 aliphatic rings. The molecule has 0 heterocycles. The number of rotatable bonds is 8. The van der Waals surface area contributed by atoms with Gasteiger partial charge in [0.05, 0.1) is 5.75 Å². The fourth-order valence-electron chi connectivity index (χ4n) is 1.90. The zero-order valence-corrected chi connectivity index (χ0v) is 12.7. The van der Waals surface area contributed by atoms with Crippen molar-refractivity contribution in [2.24, 2.45) is 0 Å². The Morgan fingerprint density at radius 3 is 2.53 bits per heavy atom. The Labute approximate surface area is 116 Å². The minimum Gasteiger partial charge on any atom is -0.492 e. The number of benzene rings is 1. The van der Waals surface area contributed by atoms with Crippen molar-refractivity contribution in [3.8, 4) is 5.75 Å². The third-order valence-electron chi connectivity index (χ3n) is 3.14. The molecule has 1 aromatic carbocycles. The van der Waals surface area contributed by atoms with Crippen molar-refractivity contribution in [2.45, 2.75) is 26.3 Å². The average Bonchev–Trinajstić information content (AvgIpc) is 2.41. The van der Waals surface area contributed by atoms with Gasteiger partial charge in [0.15, 0.2) is 9.84 Å². The predicted molar refractivity (Wildman–Crippen MR) is 78.4 cm³/mol. The first kappa shape index (κ1) is 16.0. The van der Waals surface area contributed by atoms with E-state index in [-0.39, 0.29) is 24.2 Å². The zero-order chi connectivity index (χ0) is 14.3. The first-order valence-electron chi connectivity index (χ1n) is 6.63. The van der Waals surface area contributed by atoms with Gasteiger partial charge in [-0.25, -0.2) is 8.42 Å². The van der Waals surface area contributed by atoms with Crippen LogP contribution in [-0.4, -0.2) is 33.6 Å². The number of para-hydroxylation sites is 1. The molecule has 1 unspecified atom stereocenters. The zero-order valence-electron chi connectivity index (χ0n) is 11.8. The van der Waals surface area contributed by atoms with Gasteiger partial charge < -0.3 is 10.1 Å². The van der Waals surface area contributed by atoms with Crippen LogP contribution in [0.4, 0.5) is 0 Å². The van der Waals surface area contributed by atoms with Gasteiger partial charge in [-0.3, -0.25) is 0 Å². The summed E-state index contributed by atoms with van der Waals surface area (Å²) in [5.74, 6) is 0.982. The molecule has 0 fully saturated rings. The molecule has 108 valence electrons. The van der Waals surface area contributed by atoms with Crippen molar-refractivity contribution in [3.63, 3.8) is 0 Å². The first-order chi connectivity index (χ1) is 9.04. The maximum atomic E-state index is 11.4. The Balaban J connectivity index is 2.73. The van der Waals surface area contributed by atoms with Gasteiger partial charge in [0.25, 0.3) is 0 Å². The second-order valence-electron chi connectivity index (χ2n) is 4.37. The molecule has 0 saturated carbocycles. The molecule has 1 N–H and O–H groups in total. The minimum atomic E-state index is -2.97. The van der Waals surface area contributed by atoms with E-state index in [0.717, 1.165) is 17.7 Å². The summed E-state index contributed by atoms with van der Waals surface area (Å²) >= 11 is 0. The molecule has 0 aliphatic carbocycles. The highest BCUT2D eigenvalue weighted by Gasteiger charge is 2.13. The van der Waals surface area contributed by atoms with Crippen LogP contribution in [0, 0.1) is 0 Å². The molecular formula is C14H23NO3S. The quantitative estimate of drug-likeness (QED) is 0.795. The van der Waals surface area contributed by atoms with E-state index < -0.39 is 9.84 Å². The van der Waals surface area contributed by atoms with E-state index in [1.807, 2.05) is 31.3 Å². The van der Waals surface area contributed by atoms with Crippen LogP contribution >= 0.6 is 0 Å². The average molecular weight is 285 g/mol. The molecule has 5 heteroatoms. The molecule has 4 nitrogen and oxygen atoms in total. The van der Waals surface area contributed by atoms with Gasteiger partial charge in [0, 0.05) is 17.4 Å². The van der Waals surface area contributed by atoms with Gasteiger partial charge in [-0.15, -0.1) is 0 Å². The van der Waals surface area contributed by atoms with Crippen LogP contribution in [0.1, 0.15) is 31.9 Å². The Morgan fingerprint density at radius 2 is 1.95 bits per heavy atom. The van der Waals surface area contributed by atoms with E-state index >= 15 is 0 Å². The van der Waals surface area contributed by atoms with E-state index in [9.17, 15) is 8.42 Å². The summed E-state index contributed by atoms with van der Waals surface area (Å²) in [7, 11) is -1.07. The number of hydrogen-bond acceptors (Lipinski definition) is 4. The lowest BCUT2D eigenvalue weighted by atomic mass is 10.0. The molecule has 1 rings (SSSR count). The van der Waals surface area contributed by atoms with Crippen LogP contribution in [-0.2, 0) is 9.84 Å². The van der Waals surface area contributed by atoms with Gasteiger partial charge in [0.1, 0.15) is 12.4 Å². The third kappa shape index (κ3) is 4.84. The first-order valence-corrected chi connectivity index (χ1v) is 8.45. The SMILES string of the molecule is CCC(NC)c1ccccc1OCCS(=O)(=O)CC. The topological polar surface area (TPSA) is 55.4 Å². The molecule has 0 aliphatic heterocycles. The molecule has 19 heavy (non-hydrogen) atoms. The van der Waals surface area contributed by atoms with Crippen LogP contribution < -0.4 is 10.1 Å². The van der Waals surface area contributed by atoms with E-state index in [1.165, 1.54) is 0 Å². The van der Waals surface area contributed by atoms with Crippen LogP contribution in [0.3, 0.4) is 0 Å². The lowest BCUT2D eigenvalue weighted by molar-refractivity contribution is 0.332. The van der Waals surface area contributed by atoms with Gasteiger partial charge in [-0.1, -0.05) is 32.0 Å². The molecule has 0 saturated heterocycles. The highest BCUT2D eigenvalue weighted by atomic mass is 32.2. The summed E-state index contributed by atoms with van der Waals surface area (Å²) in [5, 5.41) is 3.23. The van der Waals surface area contributed by atoms with Crippen LogP contribution in [0.5, 0.6) is 5.75 Å². The summed E-state index contributed by atoms with van der Waals surface area (Å²) in [4.78, 5) is 0. The van der Waals surface area contributed by atoms with Crippen molar-refractivity contribution in [3.05, 3.63) is 29.8 Å². The third-order valence-corrected chi connectivity index (χ3v) is 4.81. The van der Waals surface area contributed by atoms with Crippen molar-refractivity contribution < 1.29 is 13.2 Å². The van der Waals surface area contributed by atoms with Crippen LogP contribution in [0.25, 0.3) is 0 Å². The Kier molecular flexibility index (Phi) is 6.31. The number of nitrogens with one attached hydrogen (secondary N) is 1. The molecule has 0 radical (unpaired) electrons. The van der Waals surface area contributed by atoms with Gasteiger partial charge in [0.2, 0.25) is 0 Å². The van der Waals surface area contributed by atoms with Crippen molar-refractivity contribution in [2.75, 3.05) is 25.2 Å². The molecule has 0 amide bonds. The van der Waals surface area contributed by atoms with E-state index in [0.29, 0.717) is 0 Å². The fraction of sp³-hybridized carbons (Fsp3) is 0.571. The van der Waals surface area contributed by atoms with Gasteiger partial charge >= 0.3 is 0 Å². The summed E-state index contributed by atoms with van der Waals surface area (Å²) in [6.07, 6.45) is 0.949. The van der Waals surface area contributed by atoms with Gasteiger partial charge in [-0.05, 0) is 19.5 Å².